The predicted molar refractivity (Wildman–Crippen MR) is 79.6 cm³/mol. The zero-order valence-electron chi connectivity index (χ0n) is 12.0. The fraction of sp³-hybridized carbons (Fsp3) is 0.294. The molecular formula is C17H19F2NO. The Bertz CT molecular complexity index is 573. The lowest BCUT2D eigenvalue weighted by molar-refractivity contribution is 0.406. The van der Waals surface area contributed by atoms with Crippen LogP contribution in [0.4, 0.5) is 8.78 Å². The molecule has 0 bridgehead atoms. The third-order valence-corrected chi connectivity index (χ3v) is 3.17. The van der Waals surface area contributed by atoms with Gasteiger partial charge in [-0.15, -0.1) is 0 Å². The van der Waals surface area contributed by atoms with Crippen LogP contribution in [0, 0.1) is 11.6 Å². The Morgan fingerprint density at radius 1 is 0.952 bits per heavy atom. The number of rotatable bonds is 6. The van der Waals surface area contributed by atoms with E-state index in [1.807, 2.05) is 12.1 Å². The van der Waals surface area contributed by atoms with E-state index in [2.05, 4.69) is 6.92 Å². The number of benzene rings is 2. The van der Waals surface area contributed by atoms with Gasteiger partial charge in [0, 0.05) is 0 Å². The lowest BCUT2D eigenvalue weighted by atomic mass is 10.1. The van der Waals surface area contributed by atoms with Gasteiger partial charge >= 0.3 is 0 Å². The van der Waals surface area contributed by atoms with E-state index in [0.717, 1.165) is 12.8 Å². The molecule has 0 atom stereocenters. The van der Waals surface area contributed by atoms with Crippen molar-refractivity contribution in [3.63, 3.8) is 0 Å². The number of hydrogen-bond donors (Lipinski definition) is 1. The summed E-state index contributed by atoms with van der Waals surface area (Å²) in [6.07, 6.45) is 2.45. The molecule has 4 heteroatoms. The second-order valence-corrected chi connectivity index (χ2v) is 4.92. The molecule has 2 aromatic rings. The van der Waals surface area contributed by atoms with Crippen molar-refractivity contribution in [3.8, 4) is 11.5 Å². The highest BCUT2D eigenvalue weighted by atomic mass is 19.1. The molecule has 0 unspecified atom stereocenters. The van der Waals surface area contributed by atoms with E-state index < -0.39 is 11.6 Å². The first-order valence-corrected chi connectivity index (χ1v) is 7.08. The van der Waals surface area contributed by atoms with Gasteiger partial charge in [0.1, 0.15) is 5.75 Å². The lowest BCUT2D eigenvalue weighted by Gasteiger charge is -2.10. The summed E-state index contributed by atoms with van der Waals surface area (Å²) >= 11 is 0. The average molecular weight is 291 g/mol. The number of halogens is 2. The van der Waals surface area contributed by atoms with Crippen LogP contribution in [0.1, 0.15) is 24.5 Å². The predicted octanol–water partition coefficient (Wildman–Crippen LogP) is 4.21. The normalized spacial score (nSPS) is 10.7. The average Bonchev–Trinajstić information content (AvgIpc) is 2.45. The van der Waals surface area contributed by atoms with Gasteiger partial charge in [0.25, 0.3) is 0 Å². The standard InChI is InChI=1S/C17H19F2NO/c1-2-3-12-4-6-14(7-5-12)21-17-15(18)10-13(8-9-20)11-16(17)19/h4-7,10-11H,2-3,8-9,20H2,1H3. The number of nitrogens with two attached hydrogens (primary N) is 1. The van der Waals surface area contributed by atoms with Gasteiger partial charge in [-0.25, -0.2) is 8.78 Å². The topological polar surface area (TPSA) is 35.2 Å². The molecule has 2 aromatic carbocycles. The van der Waals surface area contributed by atoms with E-state index in [4.69, 9.17) is 10.5 Å². The molecule has 0 spiro atoms. The summed E-state index contributed by atoms with van der Waals surface area (Å²) in [6.45, 7) is 2.44. The van der Waals surface area contributed by atoms with Crippen LogP contribution in [0.25, 0.3) is 0 Å². The van der Waals surface area contributed by atoms with Crippen molar-refractivity contribution in [2.24, 2.45) is 5.73 Å². The monoisotopic (exact) mass is 291 g/mol. The summed E-state index contributed by atoms with van der Waals surface area (Å²) in [4.78, 5) is 0. The van der Waals surface area contributed by atoms with Crippen LogP contribution >= 0.6 is 0 Å². The molecule has 0 fully saturated rings. The summed E-state index contributed by atoms with van der Waals surface area (Å²) in [5, 5.41) is 0. The second-order valence-electron chi connectivity index (χ2n) is 4.92. The zero-order chi connectivity index (χ0) is 15.2. The molecule has 0 aliphatic heterocycles. The SMILES string of the molecule is CCCc1ccc(Oc2c(F)cc(CCN)cc2F)cc1. The summed E-state index contributed by atoms with van der Waals surface area (Å²) in [7, 11) is 0. The maximum atomic E-state index is 13.9. The van der Waals surface area contributed by atoms with Crippen LogP contribution in [0.3, 0.4) is 0 Å². The maximum absolute atomic E-state index is 13.9. The molecule has 0 saturated carbocycles. The molecule has 2 N–H and O–H groups in total. The number of ether oxygens (including phenoxy) is 1. The van der Waals surface area contributed by atoms with Crippen molar-refractivity contribution >= 4 is 0 Å². The molecule has 2 nitrogen and oxygen atoms in total. The fourth-order valence-electron chi connectivity index (χ4n) is 2.15. The first-order chi connectivity index (χ1) is 10.1. The first kappa shape index (κ1) is 15.4. The van der Waals surface area contributed by atoms with Gasteiger partial charge in [0.15, 0.2) is 17.4 Å². The second kappa shape index (κ2) is 7.18. The molecule has 0 aliphatic carbocycles. The van der Waals surface area contributed by atoms with Gasteiger partial charge in [-0.1, -0.05) is 25.5 Å². The van der Waals surface area contributed by atoms with E-state index in [0.29, 0.717) is 24.3 Å². The summed E-state index contributed by atoms with van der Waals surface area (Å²) in [6, 6.07) is 9.76. The molecule has 112 valence electrons. The van der Waals surface area contributed by atoms with Crippen molar-refractivity contribution < 1.29 is 13.5 Å². The Morgan fingerprint density at radius 3 is 2.10 bits per heavy atom. The van der Waals surface area contributed by atoms with E-state index in [-0.39, 0.29) is 5.75 Å². The summed E-state index contributed by atoms with van der Waals surface area (Å²) < 4.78 is 33.2. The minimum atomic E-state index is -0.712. The molecule has 0 heterocycles. The van der Waals surface area contributed by atoms with Gasteiger partial charge in [-0.3, -0.25) is 0 Å². The minimum Gasteiger partial charge on any atom is -0.451 e. The van der Waals surface area contributed by atoms with Crippen LogP contribution in [0.15, 0.2) is 36.4 Å². The van der Waals surface area contributed by atoms with Gasteiger partial charge < -0.3 is 10.5 Å². The van der Waals surface area contributed by atoms with E-state index >= 15 is 0 Å². The van der Waals surface area contributed by atoms with Gasteiger partial charge in [-0.2, -0.15) is 0 Å². The van der Waals surface area contributed by atoms with Crippen LogP contribution in [-0.2, 0) is 12.8 Å². The largest absolute Gasteiger partial charge is 0.451 e. The molecule has 0 aliphatic rings. The zero-order valence-corrected chi connectivity index (χ0v) is 12.0. The van der Waals surface area contributed by atoms with Crippen LogP contribution in [0.2, 0.25) is 0 Å². The van der Waals surface area contributed by atoms with Crippen molar-refractivity contribution in [3.05, 3.63) is 59.2 Å². The first-order valence-electron chi connectivity index (χ1n) is 7.08. The Hall–Kier alpha value is -1.94. The van der Waals surface area contributed by atoms with Crippen molar-refractivity contribution in [1.82, 2.24) is 0 Å². The fourth-order valence-corrected chi connectivity index (χ4v) is 2.15. The Kier molecular flexibility index (Phi) is 5.28. The number of aryl methyl sites for hydroxylation is 1. The van der Waals surface area contributed by atoms with Gasteiger partial charge in [-0.05, 0) is 54.8 Å². The van der Waals surface area contributed by atoms with Crippen LogP contribution in [0.5, 0.6) is 11.5 Å². The summed E-state index contributed by atoms with van der Waals surface area (Å²) in [5.74, 6) is -1.38. The smallest absolute Gasteiger partial charge is 0.198 e. The molecule has 0 aromatic heterocycles. The van der Waals surface area contributed by atoms with Crippen LogP contribution in [-0.4, -0.2) is 6.54 Å². The quantitative estimate of drug-likeness (QED) is 0.865. The van der Waals surface area contributed by atoms with Crippen molar-refractivity contribution in [1.29, 1.82) is 0 Å². The molecule has 2 rings (SSSR count). The van der Waals surface area contributed by atoms with E-state index in [1.54, 1.807) is 12.1 Å². The molecule has 21 heavy (non-hydrogen) atoms. The Morgan fingerprint density at radius 2 is 1.57 bits per heavy atom. The molecular weight excluding hydrogens is 272 g/mol. The number of hydrogen-bond acceptors (Lipinski definition) is 2. The molecule has 0 radical (unpaired) electrons. The third kappa shape index (κ3) is 4.02. The van der Waals surface area contributed by atoms with Crippen molar-refractivity contribution in [2.45, 2.75) is 26.2 Å². The Labute approximate surface area is 123 Å². The maximum Gasteiger partial charge on any atom is 0.198 e. The molecule has 0 saturated heterocycles. The van der Waals surface area contributed by atoms with E-state index in [9.17, 15) is 8.78 Å². The highest BCUT2D eigenvalue weighted by molar-refractivity contribution is 5.37. The van der Waals surface area contributed by atoms with Crippen LogP contribution < -0.4 is 10.5 Å². The summed E-state index contributed by atoms with van der Waals surface area (Å²) in [5.41, 5.74) is 7.08. The highest BCUT2D eigenvalue weighted by Gasteiger charge is 2.13. The third-order valence-electron chi connectivity index (χ3n) is 3.17. The lowest BCUT2D eigenvalue weighted by Crippen LogP contribution is -2.04. The highest BCUT2D eigenvalue weighted by Crippen LogP contribution is 2.29. The van der Waals surface area contributed by atoms with E-state index in [1.165, 1.54) is 17.7 Å². The molecule has 0 amide bonds. The minimum absolute atomic E-state index is 0.345. The van der Waals surface area contributed by atoms with Gasteiger partial charge in [0.05, 0.1) is 0 Å². The van der Waals surface area contributed by atoms with Gasteiger partial charge in [0.2, 0.25) is 0 Å². The van der Waals surface area contributed by atoms with Crippen molar-refractivity contribution in [2.75, 3.05) is 6.54 Å². The Balaban J connectivity index is 2.19.